The largest absolute Gasteiger partial charge is 0.497 e. The van der Waals surface area contributed by atoms with Crippen molar-refractivity contribution in [2.75, 3.05) is 12.4 Å². The van der Waals surface area contributed by atoms with E-state index in [2.05, 4.69) is 32.9 Å². The molecular formula is C26H22N4O2S. The van der Waals surface area contributed by atoms with Crippen LogP contribution in [0.5, 0.6) is 5.75 Å². The van der Waals surface area contributed by atoms with Gasteiger partial charge in [-0.3, -0.25) is 9.20 Å². The molecule has 0 fully saturated rings. The number of ether oxygens (including phenoxy) is 1. The van der Waals surface area contributed by atoms with E-state index in [0.29, 0.717) is 11.3 Å². The van der Waals surface area contributed by atoms with Gasteiger partial charge in [0, 0.05) is 28.5 Å². The van der Waals surface area contributed by atoms with Gasteiger partial charge in [-0.25, -0.2) is 0 Å². The summed E-state index contributed by atoms with van der Waals surface area (Å²) in [6.45, 7) is 2.08. The number of hydrogen-bond acceptors (Lipinski definition) is 5. The number of nitrogens with one attached hydrogen (secondary N) is 1. The van der Waals surface area contributed by atoms with E-state index < -0.39 is 0 Å². The van der Waals surface area contributed by atoms with Gasteiger partial charge >= 0.3 is 0 Å². The van der Waals surface area contributed by atoms with Gasteiger partial charge in [0.05, 0.1) is 12.6 Å². The fourth-order valence-corrected chi connectivity index (χ4v) is 4.66. The zero-order chi connectivity index (χ0) is 22.8. The summed E-state index contributed by atoms with van der Waals surface area (Å²) in [5.41, 5.74) is 5.47. The molecular weight excluding hydrogens is 432 g/mol. The molecule has 7 heteroatoms. The van der Waals surface area contributed by atoms with Crippen molar-refractivity contribution in [3.63, 3.8) is 0 Å². The van der Waals surface area contributed by atoms with E-state index in [1.807, 2.05) is 72.8 Å². The van der Waals surface area contributed by atoms with E-state index in [-0.39, 0.29) is 5.91 Å². The Morgan fingerprint density at radius 1 is 1.00 bits per heavy atom. The van der Waals surface area contributed by atoms with Crippen molar-refractivity contribution in [2.24, 2.45) is 0 Å². The lowest BCUT2D eigenvalue weighted by atomic mass is 10.1. The molecule has 1 N–H and O–H groups in total. The second kappa shape index (κ2) is 8.96. The molecule has 0 saturated heterocycles. The number of benzene rings is 3. The van der Waals surface area contributed by atoms with Crippen LogP contribution in [-0.2, 0) is 5.75 Å². The van der Waals surface area contributed by atoms with Gasteiger partial charge in [-0.15, -0.1) is 10.2 Å². The minimum absolute atomic E-state index is 0.125. The SMILES string of the molecule is COc1ccc2c(C)cc3nnc(SCc4ccc(C(=O)Nc5ccccc5)cc4)n3c2c1. The summed E-state index contributed by atoms with van der Waals surface area (Å²) in [6, 6.07) is 25.2. The second-order valence-electron chi connectivity index (χ2n) is 7.69. The molecule has 0 aliphatic carbocycles. The molecule has 2 heterocycles. The number of aryl methyl sites for hydroxylation is 1. The number of carbonyl (C=O) groups excluding carboxylic acids is 1. The summed E-state index contributed by atoms with van der Waals surface area (Å²) in [5.74, 6) is 1.38. The summed E-state index contributed by atoms with van der Waals surface area (Å²) in [4.78, 5) is 12.5. The van der Waals surface area contributed by atoms with Crippen molar-refractivity contribution in [1.29, 1.82) is 0 Å². The Hall–Kier alpha value is -3.84. The van der Waals surface area contributed by atoms with Gasteiger partial charge in [0.25, 0.3) is 5.91 Å². The summed E-state index contributed by atoms with van der Waals surface area (Å²) < 4.78 is 7.50. The van der Waals surface area contributed by atoms with E-state index in [1.165, 1.54) is 0 Å². The summed E-state index contributed by atoms with van der Waals surface area (Å²) in [6.07, 6.45) is 0. The zero-order valence-electron chi connectivity index (χ0n) is 18.3. The van der Waals surface area contributed by atoms with Crippen LogP contribution in [0.15, 0.2) is 84.0 Å². The molecule has 0 aliphatic rings. The van der Waals surface area contributed by atoms with Crippen molar-refractivity contribution in [3.8, 4) is 5.75 Å². The maximum Gasteiger partial charge on any atom is 0.255 e. The van der Waals surface area contributed by atoms with Crippen molar-refractivity contribution < 1.29 is 9.53 Å². The maximum absolute atomic E-state index is 12.5. The molecule has 3 aromatic carbocycles. The number of methoxy groups -OCH3 is 1. The number of aromatic nitrogens is 3. The van der Waals surface area contributed by atoms with Crippen LogP contribution in [0.3, 0.4) is 0 Å². The van der Waals surface area contributed by atoms with Crippen molar-refractivity contribution in [3.05, 3.63) is 95.6 Å². The van der Waals surface area contributed by atoms with Crippen LogP contribution >= 0.6 is 11.8 Å². The Morgan fingerprint density at radius 3 is 2.55 bits per heavy atom. The highest BCUT2D eigenvalue weighted by Crippen LogP contribution is 2.30. The molecule has 0 bridgehead atoms. The number of fused-ring (bicyclic) bond motifs is 3. The van der Waals surface area contributed by atoms with Crippen LogP contribution in [0, 0.1) is 6.92 Å². The Bertz CT molecular complexity index is 1450. The second-order valence-corrected chi connectivity index (χ2v) is 8.63. The number of thioether (sulfide) groups is 1. The molecule has 164 valence electrons. The number of rotatable bonds is 6. The van der Waals surface area contributed by atoms with Gasteiger partial charge in [-0.05, 0) is 60.5 Å². The monoisotopic (exact) mass is 454 g/mol. The third-order valence-electron chi connectivity index (χ3n) is 5.49. The maximum atomic E-state index is 12.5. The number of amides is 1. The first-order chi connectivity index (χ1) is 16.1. The van der Waals surface area contributed by atoms with Crippen LogP contribution in [0.25, 0.3) is 16.6 Å². The number of hydrogen-bond donors (Lipinski definition) is 1. The van der Waals surface area contributed by atoms with E-state index in [0.717, 1.165) is 44.3 Å². The first-order valence-corrected chi connectivity index (χ1v) is 11.5. The van der Waals surface area contributed by atoms with Crippen LogP contribution < -0.4 is 10.1 Å². The fourth-order valence-electron chi connectivity index (χ4n) is 3.75. The molecule has 5 aromatic rings. The molecule has 5 rings (SSSR count). The molecule has 6 nitrogen and oxygen atoms in total. The summed E-state index contributed by atoms with van der Waals surface area (Å²) in [5, 5.41) is 13.7. The molecule has 0 saturated carbocycles. The lowest BCUT2D eigenvalue weighted by Gasteiger charge is -2.09. The molecule has 0 atom stereocenters. The highest BCUT2D eigenvalue weighted by Gasteiger charge is 2.13. The number of nitrogens with zero attached hydrogens (tertiary/aromatic N) is 3. The molecule has 0 aliphatic heterocycles. The van der Waals surface area contributed by atoms with Crippen molar-refractivity contribution >= 4 is 39.9 Å². The average molecular weight is 455 g/mol. The smallest absolute Gasteiger partial charge is 0.255 e. The molecule has 33 heavy (non-hydrogen) atoms. The van der Waals surface area contributed by atoms with Gasteiger partial charge in [-0.1, -0.05) is 42.1 Å². The number of pyridine rings is 1. The molecule has 0 radical (unpaired) electrons. The number of carbonyl (C=O) groups is 1. The van der Waals surface area contributed by atoms with Gasteiger partial charge < -0.3 is 10.1 Å². The summed E-state index contributed by atoms with van der Waals surface area (Å²) >= 11 is 1.61. The standard InChI is InChI=1S/C26H22N4O2S/c1-17-14-24-28-29-26(30(24)23-15-21(32-2)12-13-22(17)23)33-16-18-8-10-19(11-9-18)25(31)27-20-6-4-3-5-7-20/h3-15H,16H2,1-2H3,(H,27,31). The van der Waals surface area contributed by atoms with Gasteiger partial charge in [0.1, 0.15) is 5.75 Å². The molecule has 2 aromatic heterocycles. The first-order valence-electron chi connectivity index (χ1n) is 10.5. The van der Waals surface area contributed by atoms with Gasteiger partial charge in [0.15, 0.2) is 10.8 Å². The average Bonchev–Trinajstić information content (AvgIpc) is 3.26. The first kappa shape index (κ1) is 21.0. The van der Waals surface area contributed by atoms with Crippen LogP contribution in [0.4, 0.5) is 5.69 Å². The Labute approximate surface area is 195 Å². The van der Waals surface area contributed by atoms with E-state index >= 15 is 0 Å². The minimum atomic E-state index is -0.125. The summed E-state index contributed by atoms with van der Waals surface area (Å²) in [7, 11) is 1.67. The van der Waals surface area contributed by atoms with Crippen LogP contribution in [-0.4, -0.2) is 27.6 Å². The minimum Gasteiger partial charge on any atom is -0.497 e. The predicted octanol–water partition coefficient (Wildman–Crippen LogP) is 5.74. The van der Waals surface area contributed by atoms with E-state index in [1.54, 1.807) is 18.9 Å². The van der Waals surface area contributed by atoms with Gasteiger partial charge in [-0.2, -0.15) is 0 Å². The van der Waals surface area contributed by atoms with Crippen LogP contribution in [0.2, 0.25) is 0 Å². The number of para-hydroxylation sites is 1. The molecule has 1 amide bonds. The quantitative estimate of drug-likeness (QED) is 0.331. The van der Waals surface area contributed by atoms with Crippen molar-refractivity contribution in [2.45, 2.75) is 17.8 Å². The zero-order valence-corrected chi connectivity index (χ0v) is 19.1. The normalized spacial score (nSPS) is 11.1. The topological polar surface area (TPSA) is 68.5 Å². The molecule has 0 spiro atoms. The Balaban J connectivity index is 1.35. The van der Waals surface area contributed by atoms with Crippen LogP contribution in [0.1, 0.15) is 21.5 Å². The molecule has 0 unspecified atom stereocenters. The fraction of sp³-hybridized carbons (Fsp3) is 0.115. The van der Waals surface area contributed by atoms with E-state index in [4.69, 9.17) is 4.74 Å². The van der Waals surface area contributed by atoms with E-state index in [9.17, 15) is 4.79 Å². The highest BCUT2D eigenvalue weighted by atomic mass is 32.2. The lowest BCUT2D eigenvalue weighted by Crippen LogP contribution is -2.11. The predicted molar refractivity (Wildman–Crippen MR) is 132 cm³/mol. The van der Waals surface area contributed by atoms with Gasteiger partial charge in [0.2, 0.25) is 0 Å². The Kier molecular flexibility index (Phi) is 5.71. The van der Waals surface area contributed by atoms with Crippen molar-refractivity contribution in [1.82, 2.24) is 14.6 Å². The Morgan fingerprint density at radius 2 is 1.79 bits per heavy atom. The third kappa shape index (κ3) is 4.27. The highest BCUT2D eigenvalue weighted by molar-refractivity contribution is 7.98. The third-order valence-corrected chi connectivity index (χ3v) is 6.49. The lowest BCUT2D eigenvalue weighted by molar-refractivity contribution is 0.102. The number of anilines is 1.